The molecule has 5 nitrogen and oxygen atoms in total. The first-order valence-electron chi connectivity index (χ1n) is 9.84. The Balaban J connectivity index is 1.77. The maximum absolute atomic E-state index is 14.6. The van der Waals surface area contributed by atoms with Gasteiger partial charge in [0.25, 0.3) is 0 Å². The van der Waals surface area contributed by atoms with Gasteiger partial charge in [-0.2, -0.15) is 0 Å². The minimum absolute atomic E-state index is 0.129. The number of benzene rings is 2. The van der Waals surface area contributed by atoms with Crippen LogP contribution >= 0.6 is 11.6 Å². The maximum atomic E-state index is 14.6. The van der Waals surface area contributed by atoms with E-state index >= 15 is 0 Å². The molecular weight excluding hydrogens is 419 g/mol. The highest BCUT2D eigenvalue weighted by atomic mass is 35.5. The lowest BCUT2D eigenvalue weighted by Gasteiger charge is -2.18. The van der Waals surface area contributed by atoms with Crippen molar-refractivity contribution in [1.29, 1.82) is 0 Å². The van der Waals surface area contributed by atoms with Gasteiger partial charge < -0.3 is 10.0 Å². The number of aryl methyl sites for hydroxylation is 1. The molecule has 3 aromatic rings. The summed E-state index contributed by atoms with van der Waals surface area (Å²) in [6.45, 7) is 1.71. The summed E-state index contributed by atoms with van der Waals surface area (Å²) in [7, 11) is 1.51. The molecule has 0 fully saturated rings. The fourth-order valence-corrected chi connectivity index (χ4v) is 3.48. The van der Waals surface area contributed by atoms with Gasteiger partial charge in [-0.25, -0.2) is 9.37 Å². The Hall–Kier alpha value is -3.25. The Kier molecular flexibility index (Phi) is 7.02. The normalized spacial score (nSPS) is 10.7. The number of rotatable bonds is 7. The average molecular weight is 441 g/mol. The van der Waals surface area contributed by atoms with E-state index in [0.29, 0.717) is 28.3 Å². The zero-order chi connectivity index (χ0) is 22.5. The number of halogens is 2. The van der Waals surface area contributed by atoms with Gasteiger partial charge in [-0.05, 0) is 47.9 Å². The second-order valence-electron chi connectivity index (χ2n) is 7.08. The van der Waals surface area contributed by atoms with Gasteiger partial charge in [0.05, 0.1) is 5.69 Å². The average Bonchev–Trinajstić information content (AvgIpc) is 2.77. The van der Waals surface area contributed by atoms with Crippen molar-refractivity contribution in [1.82, 2.24) is 4.98 Å². The fraction of sp³-hybridized carbons (Fsp3) is 0.208. The molecule has 0 atom stereocenters. The van der Waals surface area contributed by atoms with Crippen LogP contribution in [-0.4, -0.2) is 28.8 Å². The van der Waals surface area contributed by atoms with Crippen molar-refractivity contribution in [3.63, 3.8) is 0 Å². The van der Waals surface area contributed by atoms with Crippen LogP contribution in [0.3, 0.4) is 0 Å². The minimum Gasteiger partial charge on any atom is -0.507 e. The number of carbonyl (C=O) groups is 2. The number of nitrogens with zero attached hydrogens (tertiary/aromatic N) is 2. The number of ketones is 1. The Labute approximate surface area is 185 Å². The molecule has 0 radical (unpaired) electrons. The number of hydrogen-bond donors (Lipinski definition) is 1. The van der Waals surface area contributed by atoms with Gasteiger partial charge >= 0.3 is 0 Å². The van der Waals surface area contributed by atoms with Crippen LogP contribution in [0.2, 0.25) is 5.15 Å². The van der Waals surface area contributed by atoms with Crippen LogP contribution in [-0.2, 0) is 11.2 Å². The Morgan fingerprint density at radius 3 is 2.58 bits per heavy atom. The number of phenols is 1. The molecule has 0 unspecified atom stereocenters. The summed E-state index contributed by atoms with van der Waals surface area (Å²) in [5.74, 6) is -1.06. The van der Waals surface area contributed by atoms with Crippen molar-refractivity contribution < 1.29 is 19.1 Å². The van der Waals surface area contributed by atoms with Gasteiger partial charge in [-0.15, -0.1) is 0 Å². The number of anilines is 1. The first-order valence-corrected chi connectivity index (χ1v) is 10.2. The molecular formula is C24H22ClFN2O3. The molecule has 1 heterocycles. The van der Waals surface area contributed by atoms with Crippen LogP contribution in [0.1, 0.15) is 35.7 Å². The summed E-state index contributed by atoms with van der Waals surface area (Å²) in [4.78, 5) is 29.6. The standard InChI is InChI=1S/C24H22ClFN2O3/c1-3-23(31)28(2)20-10-7-16(13-19(20)26)18-9-6-17(14-22(18)30)21(29)11-8-15-5-4-12-27-24(15)25/h4-7,9-10,12-14,30H,3,8,11H2,1-2H3. The minimum atomic E-state index is -0.574. The first-order chi connectivity index (χ1) is 14.8. The largest absolute Gasteiger partial charge is 0.507 e. The molecule has 0 saturated carbocycles. The molecule has 0 saturated heterocycles. The number of carbonyl (C=O) groups excluding carboxylic acids is 2. The third-order valence-corrected chi connectivity index (χ3v) is 5.41. The van der Waals surface area contributed by atoms with Crippen molar-refractivity contribution >= 4 is 29.0 Å². The number of phenolic OH excluding ortho intramolecular Hbond substituents is 1. The molecule has 1 N–H and O–H groups in total. The quantitative estimate of drug-likeness (QED) is 0.392. The van der Waals surface area contributed by atoms with E-state index < -0.39 is 5.82 Å². The molecule has 0 aliphatic rings. The van der Waals surface area contributed by atoms with Gasteiger partial charge in [0.2, 0.25) is 5.91 Å². The summed E-state index contributed by atoms with van der Waals surface area (Å²) < 4.78 is 14.6. The van der Waals surface area contributed by atoms with Gasteiger partial charge in [0.1, 0.15) is 16.7 Å². The van der Waals surface area contributed by atoms with Crippen molar-refractivity contribution in [3.8, 4) is 16.9 Å². The number of pyridine rings is 1. The van der Waals surface area contributed by atoms with Gasteiger partial charge in [0, 0.05) is 37.2 Å². The zero-order valence-corrected chi connectivity index (χ0v) is 18.0. The molecule has 0 aliphatic carbocycles. The van der Waals surface area contributed by atoms with Crippen LogP contribution in [0.25, 0.3) is 11.1 Å². The summed E-state index contributed by atoms with van der Waals surface area (Å²) in [6, 6.07) is 12.5. The zero-order valence-electron chi connectivity index (χ0n) is 17.2. The molecule has 3 rings (SSSR count). The predicted octanol–water partition coefficient (Wildman–Crippen LogP) is 5.44. The molecule has 0 bridgehead atoms. The van der Waals surface area contributed by atoms with Crippen molar-refractivity contribution in [3.05, 3.63) is 76.8 Å². The lowest BCUT2D eigenvalue weighted by atomic mass is 9.98. The molecule has 31 heavy (non-hydrogen) atoms. The van der Waals surface area contributed by atoms with Crippen molar-refractivity contribution in [2.75, 3.05) is 11.9 Å². The van der Waals surface area contributed by atoms with Crippen LogP contribution < -0.4 is 4.90 Å². The van der Waals surface area contributed by atoms with Crippen LogP contribution in [0.15, 0.2) is 54.7 Å². The lowest BCUT2D eigenvalue weighted by molar-refractivity contribution is -0.118. The predicted molar refractivity (Wildman–Crippen MR) is 119 cm³/mol. The smallest absolute Gasteiger partial charge is 0.226 e. The summed E-state index contributed by atoms with van der Waals surface area (Å²) in [6.07, 6.45) is 2.50. The molecule has 0 aliphatic heterocycles. The van der Waals surface area contributed by atoms with Gasteiger partial charge in [-0.3, -0.25) is 9.59 Å². The summed E-state index contributed by atoms with van der Waals surface area (Å²) >= 11 is 6.02. The van der Waals surface area contributed by atoms with Gasteiger partial charge in [0.15, 0.2) is 5.78 Å². The monoisotopic (exact) mass is 440 g/mol. The van der Waals surface area contributed by atoms with E-state index in [-0.39, 0.29) is 36.0 Å². The number of Topliss-reactive ketones (excluding diaryl/α,β-unsaturated/α-hetero) is 1. The topological polar surface area (TPSA) is 70.5 Å². The van der Waals surface area contributed by atoms with Crippen LogP contribution in [0, 0.1) is 5.82 Å². The third kappa shape index (κ3) is 5.09. The van der Waals surface area contributed by atoms with Crippen LogP contribution in [0.4, 0.5) is 10.1 Å². The number of aromatic hydroxyl groups is 1. The van der Waals surface area contributed by atoms with E-state index in [1.165, 1.54) is 30.1 Å². The maximum Gasteiger partial charge on any atom is 0.226 e. The van der Waals surface area contributed by atoms with E-state index in [2.05, 4.69) is 4.98 Å². The summed E-state index contributed by atoms with van der Waals surface area (Å²) in [5, 5.41) is 10.8. The molecule has 0 spiro atoms. The fourth-order valence-electron chi connectivity index (χ4n) is 3.27. The van der Waals surface area contributed by atoms with Crippen molar-refractivity contribution in [2.24, 2.45) is 0 Å². The molecule has 1 aromatic heterocycles. The molecule has 2 aromatic carbocycles. The lowest BCUT2D eigenvalue weighted by Crippen LogP contribution is -2.25. The number of amides is 1. The van der Waals surface area contributed by atoms with E-state index in [4.69, 9.17) is 11.6 Å². The van der Waals surface area contributed by atoms with E-state index in [9.17, 15) is 19.1 Å². The van der Waals surface area contributed by atoms with E-state index in [1.807, 2.05) is 6.07 Å². The number of aromatic nitrogens is 1. The first kappa shape index (κ1) is 22.4. The highest BCUT2D eigenvalue weighted by molar-refractivity contribution is 6.30. The Morgan fingerprint density at radius 2 is 1.94 bits per heavy atom. The Morgan fingerprint density at radius 1 is 1.16 bits per heavy atom. The SMILES string of the molecule is CCC(=O)N(C)c1ccc(-c2ccc(C(=O)CCc3cccnc3Cl)cc2O)cc1F. The van der Waals surface area contributed by atoms with E-state index in [0.717, 1.165) is 5.56 Å². The van der Waals surface area contributed by atoms with Gasteiger partial charge in [-0.1, -0.05) is 36.7 Å². The second-order valence-corrected chi connectivity index (χ2v) is 7.44. The molecule has 160 valence electrons. The third-order valence-electron chi connectivity index (χ3n) is 5.07. The van der Waals surface area contributed by atoms with Crippen molar-refractivity contribution in [2.45, 2.75) is 26.2 Å². The van der Waals surface area contributed by atoms with E-state index in [1.54, 1.807) is 37.4 Å². The molecule has 1 amide bonds. The van der Waals surface area contributed by atoms with Crippen LogP contribution in [0.5, 0.6) is 5.75 Å². The Bertz CT molecular complexity index is 1130. The highest BCUT2D eigenvalue weighted by Crippen LogP contribution is 2.33. The summed E-state index contributed by atoms with van der Waals surface area (Å²) in [5.41, 5.74) is 2.13. The molecule has 7 heteroatoms. The second kappa shape index (κ2) is 9.71. The number of hydrogen-bond acceptors (Lipinski definition) is 4. The highest BCUT2D eigenvalue weighted by Gasteiger charge is 2.16.